The number of aromatic nitrogens is 2. The molecule has 0 aliphatic rings. The van der Waals surface area contributed by atoms with E-state index >= 15 is 0 Å². The van der Waals surface area contributed by atoms with Crippen LogP contribution in [0.5, 0.6) is 0 Å². The van der Waals surface area contributed by atoms with Crippen molar-refractivity contribution in [3.8, 4) is 6.07 Å². The standard InChI is InChI=1S/C17H17ClN4O/c1-12-3-4-16(13(2)7-12)21-17(23)15(9-19)8-14-10-20-22(11-14)6-5-18/h3-4,7-8,10-11H,5-6H2,1-2H3,(H,21,23)/b15-8-. The molecule has 1 heterocycles. The van der Waals surface area contributed by atoms with E-state index in [0.29, 0.717) is 23.7 Å². The first-order valence-corrected chi connectivity index (χ1v) is 7.65. The highest BCUT2D eigenvalue weighted by molar-refractivity contribution is 6.17. The Balaban J connectivity index is 2.17. The van der Waals surface area contributed by atoms with Crippen LogP contribution in [-0.4, -0.2) is 21.6 Å². The van der Waals surface area contributed by atoms with Gasteiger partial charge in [-0.1, -0.05) is 17.7 Å². The van der Waals surface area contributed by atoms with E-state index in [0.717, 1.165) is 11.1 Å². The van der Waals surface area contributed by atoms with Gasteiger partial charge in [0.2, 0.25) is 0 Å². The zero-order valence-corrected chi connectivity index (χ0v) is 13.8. The minimum absolute atomic E-state index is 0.0235. The number of aryl methyl sites for hydroxylation is 3. The van der Waals surface area contributed by atoms with E-state index in [1.165, 1.54) is 6.08 Å². The van der Waals surface area contributed by atoms with Gasteiger partial charge in [-0.15, -0.1) is 11.6 Å². The van der Waals surface area contributed by atoms with Gasteiger partial charge in [0, 0.05) is 23.3 Å². The molecule has 0 spiro atoms. The molecule has 23 heavy (non-hydrogen) atoms. The largest absolute Gasteiger partial charge is 0.321 e. The van der Waals surface area contributed by atoms with E-state index in [-0.39, 0.29) is 5.57 Å². The molecule has 2 rings (SSSR count). The molecule has 6 heteroatoms. The zero-order valence-electron chi connectivity index (χ0n) is 13.0. The minimum Gasteiger partial charge on any atom is -0.321 e. The topological polar surface area (TPSA) is 70.7 Å². The fourth-order valence-electron chi connectivity index (χ4n) is 2.12. The molecule has 1 amide bonds. The summed E-state index contributed by atoms with van der Waals surface area (Å²) in [6.07, 6.45) is 4.84. The highest BCUT2D eigenvalue weighted by Gasteiger charge is 2.11. The molecule has 1 aromatic heterocycles. The number of hydrogen-bond donors (Lipinski definition) is 1. The van der Waals surface area contributed by atoms with Crippen molar-refractivity contribution in [2.75, 3.05) is 11.2 Å². The first kappa shape index (κ1) is 16.8. The van der Waals surface area contributed by atoms with Gasteiger partial charge in [-0.2, -0.15) is 10.4 Å². The third-order valence-corrected chi connectivity index (χ3v) is 3.44. The molecular formula is C17H17ClN4O. The average Bonchev–Trinajstić information content (AvgIpc) is 2.95. The quantitative estimate of drug-likeness (QED) is 0.520. The number of nitriles is 1. The Morgan fingerprint density at radius 3 is 2.91 bits per heavy atom. The molecule has 0 aliphatic heterocycles. The van der Waals surface area contributed by atoms with E-state index in [1.807, 2.05) is 38.1 Å². The van der Waals surface area contributed by atoms with Crippen LogP contribution in [0.1, 0.15) is 16.7 Å². The Kier molecular flexibility index (Phi) is 5.56. The van der Waals surface area contributed by atoms with Gasteiger partial charge < -0.3 is 5.32 Å². The second-order valence-corrected chi connectivity index (χ2v) is 5.55. The number of anilines is 1. The molecule has 0 saturated carbocycles. The molecule has 118 valence electrons. The number of benzene rings is 1. The predicted molar refractivity (Wildman–Crippen MR) is 91.1 cm³/mol. The van der Waals surface area contributed by atoms with Gasteiger partial charge in [0.25, 0.3) is 5.91 Å². The molecule has 0 unspecified atom stereocenters. The lowest BCUT2D eigenvalue weighted by Crippen LogP contribution is -2.14. The van der Waals surface area contributed by atoms with Gasteiger partial charge in [-0.05, 0) is 31.6 Å². The number of carbonyl (C=O) groups is 1. The van der Waals surface area contributed by atoms with Crippen LogP contribution in [0.3, 0.4) is 0 Å². The third-order valence-electron chi connectivity index (χ3n) is 3.27. The number of alkyl halides is 1. The maximum atomic E-state index is 12.3. The number of nitrogens with zero attached hydrogens (tertiary/aromatic N) is 3. The molecule has 1 N–H and O–H groups in total. The number of hydrogen-bond acceptors (Lipinski definition) is 3. The summed E-state index contributed by atoms with van der Waals surface area (Å²) in [6.45, 7) is 4.47. The van der Waals surface area contributed by atoms with Crippen LogP contribution in [0.25, 0.3) is 6.08 Å². The number of amides is 1. The Labute approximate surface area is 140 Å². The van der Waals surface area contributed by atoms with Gasteiger partial charge in [0.05, 0.1) is 12.7 Å². The van der Waals surface area contributed by atoms with Crippen molar-refractivity contribution >= 4 is 29.3 Å². The number of rotatable bonds is 5. The number of halogens is 1. The third kappa shape index (κ3) is 4.44. The smallest absolute Gasteiger partial charge is 0.266 e. The molecule has 0 radical (unpaired) electrons. The van der Waals surface area contributed by atoms with Gasteiger partial charge in [0.1, 0.15) is 11.6 Å². The van der Waals surface area contributed by atoms with Gasteiger partial charge in [0.15, 0.2) is 0 Å². The van der Waals surface area contributed by atoms with E-state index in [1.54, 1.807) is 17.1 Å². The molecule has 0 atom stereocenters. The number of nitrogens with one attached hydrogen (secondary N) is 1. The first-order chi connectivity index (χ1) is 11.0. The lowest BCUT2D eigenvalue weighted by molar-refractivity contribution is -0.112. The van der Waals surface area contributed by atoms with Crippen molar-refractivity contribution < 1.29 is 4.79 Å². The average molecular weight is 329 g/mol. The second-order valence-electron chi connectivity index (χ2n) is 5.17. The van der Waals surface area contributed by atoms with Crippen LogP contribution in [0.4, 0.5) is 5.69 Å². The fraction of sp³-hybridized carbons (Fsp3) is 0.235. The van der Waals surface area contributed by atoms with E-state index in [4.69, 9.17) is 11.6 Å². The van der Waals surface area contributed by atoms with E-state index in [2.05, 4.69) is 10.4 Å². The minimum atomic E-state index is -0.440. The van der Waals surface area contributed by atoms with Crippen molar-refractivity contribution in [1.29, 1.82) is 5.26 Å². The van der Waals surface area contributed by atoms with Gasteiger partial charge in [-0.25, -0.2) is 0 Å². The summed E-state index contributed by atoms with van der Waals surface area (Å²) in [5, 5.41) is 16.1. The maximum Gasteiger partial charge on any atom is 0.266 e. The molecule has 0 bridgehead atoms. The molecule has 5 nitrogen and oxygen atoms in total. The van der Waals surface area contributed by atoms with Crippen LogP contribution in [0, 0.1) is 25.2 Å². The molecule has 0 aliphatic carbocycles. The van der Waals surface area contributed by atoms with Crippen molar-refractivity contribution in [2.24, 2.45) is 0 Å². The second kappa shape index (κ2) is 7.61. The molecule has 2 aromatic rings. The van der Waals surface area contributed by atoms with Gasteiger partial charge >= 0.3 is 0 Å². The summed E-state index contributed by atoms with van der Waals surface area (Å²) in [7, 11) is 0. The first-order valence-electron chi connectivity index (χ1n) is 7.12. The van der Waals surface area contributed by atoms with Crippen LogP contribution in [0.15, 0.2) is 36.2 Å². The zero-order chi connectivity index (χ0) is 16.8. The predicted octanol–water partition coefficient (Wildman–Crippen LogP) is 3.28. The van der Waals surface area contributed by atoms with Crippen molar-refractivity contribution in [2.45, 2.75) is 20.4 Å². The van der Waals surface area contributed by atoms with Crippen LogP contribution < -0.4 is 5.32 Å². The van der Waals surface area contributed by atoms with Crippen LogP contribution in [-0.2, 0) is 11.3 Å². The van der Waals surface area contributed by atoms with E-state index in [9.17, 15) is 10.1 Å². The lowest BCUT2D eigenvalue weighted by atomic mass is 10.1. The van der Waals surface area contributed by atoms with Gasteiger partial charge in [-0.3, -0.25) is 9.48 Å². The Morgan fingerprint density at radius 2 is 2.26 bits per heavy atom. The summed E-state index contributed by atoms with van der Waals surface area (Å²) in [4.78, 5) is 12.3. The Bertz CT molecular complexity index is 786. The Hall–Kier alpha value is -2.58. The maximum absolute atomic E-state index is 12.3. The normalized spacial score (nSPS) is 11.1. The molecular weight excluding hydrogens is 312 g/mol. The highest BCUT2D eigenvalue weighted by atomic mass is 35.5. The van der Waals surface area contributed by atoms with Crippen LogP contribution in [0.2, 0.25) is 0 Å². The summed E-state index contributed by atoms with van der Waals surface area (Å²) in [5.41, 5.74) is 3.46. The monoisotopic (exact) mass is 328 g/mol. The summed E-state index contributed by atoms with van der Waals surface area (Å²) >= 11 is 5.65. The van der Waals surface area contributed by atoms with Crippen LogP contribution >= 0.6 is 11.6 Å². The SMILES string of the molecule is Cc1ccc(NC(=O)/C(C#N)=C\c2cnn(CCCl)c2)c(C)c1. The summed E-state index contributed by atoms with van der Waals surface area (Å²) in [6, 6.07) is 7.64. The summed E-state index contributed by atoms with van der Waals surface area (Å²) in [5.74, 6) is 0.00731. The number of carbonyl (C=O) groups excluding carboxylic acids is 1. The van der Waals surface area contributed by atoms with Crippen molar-refractivity contribution in [3.05, 3.63) is 52.9 Å². The fourth-order valence-corrected chi connectivity index (χ4v) is 2.29. The highest BCUT2D eigenvalue weighted by Crippen LogP contribution is 2.17. The van der Waals surface area contributed by atoms with Crippen molar-refractivity contribution in [3.63, 3.8) is 0 Å². The lowest BCUT2D eigenvalue weighted by Gasteiger charge is -2.08. The van der Waals surface area contributed by atoms with Crippen molar-refractivity contribution in [1.82, 2.24) is 9.78 Å². The molecule has 1 aromatic carbocycles. The Morgan fingerprint density at radius 1 is 1.48 bits per heavy atom. The molecule has 0 saturated heterocycles. The summed E-state index contributed by atoms with van der Waals surface area (Å²) < 4.78 is 1.66. The van der Waals surface area contributed by atoms with E-state index < -0.39 is 5.91 Å². The molecule has 0 fully saturated rings.